The van der Waals surface area contributed by atoms with Gasteiger partial charge in [-0.1, -0.05) is 13.8 Å². The molecule has 0 aliphatic heterocycles. The molecule has 0 fully saturated rings. The van der Waals surface area contributed by atoms with Crippen LogP contribution in [0.4, 0.5) is 9.18 Å². The van der Waals surface area contributed by atoms with Gasteiger partial charge in [-0.3, -0.25) is 0 Å². The Kier molecular flexibility index (Phi) is 6.31. The zero-order chi connectivity index (χ0) is 17.5. The van der Waals surface area contributed by atoms with Crippen molar-refractivity contribution in [2.45, 2.75) is 32.9 Å². The Hall–Kier alpha value is -2.41. The number of aliphatic hydroxyl groups is 1. The van der Waals surface area contributed by atoms with Crippen molar-refractivity contribution in [1.82, 2.24) is 20.4 Å². The molecule has 7 heteroatoms. The second kappa shape index (κ2) is 8.44. The SMILES string of the molecule is CC(C)CC(O)CNC(=O)NCc1ccn(-c2ccc(F)cc2)n1. The standard InChI is InChI=1S/C17H23FN4O2/c1-12(2)9-16(23)11-20-17(24)19-10-14-7-8-22(21-14)15-5-3-13(18)4-6-15/h3-8,12,16,23H,9-11H2,1-2H3,(H2,19,20,24). The first kappa shape index (κ1) is 17.9. The first-order valence-corrected chi connectivity index (χ1v) is 7.94. The third-order valence-electron chi connectivity index (χ3n) is 3.41. The fraction of sp³-hybridized carbons (Fsp3) is 0.412. The van der Waals surface area contributed by atoms with E-state index in [-0.39, 0.29) is 24.9 Å². The van der Waals surface area contributed by atoms with Crippen LogP contribution in [0, 0.1) is 11.7 Å². The number of halogens is 1. The minimum Gasteiger partial charge on any atom is -0.391 e. The molecule has 0 aliphatic carbocycles. The Balaban J connectivity index is 1.78. The summed E-state index contributed by atoms with van der Waals surface area (Å²) >= 11 is 0. The van der Waals surface area contributed by atoms with Crippen molar-refractivity contribution < 1.29 is 14.3 Å². The van der Waals surface area contributed by atoms with Crippen molar-refractivity contribution >= 4 is 6.03 Å². The van der Waals surface area contributed by atoms with Crippen LogP contribution in [0.1, 0.15) is 26.0 Å². The number of aromatic nitrogens is 2. The lowest BCUT2D eigenvalue weighted by molar-refractivity contribution is 0.147. The highest BCUT2D eigenvalue weighted by atomic mass is 19.1. The van der Waals surface area contributed by atoms with Gasteiger partial charge in [0.25, 0.3) is 0 Å². The molecule has 0 saturated carbocycles. The van der Waals surface area contributed by atoms with Gasteiger partial charge < -0.3 is 15.7 Å². The van der Waals surface area contributed by atoms with Crippen LogP contribution in [0.15, 0.2) is 36.5 Å². The monoisotopic (exact) mass is 334 g/mol. The van der Waals surface area contributed by atoms with Crippen LogP contribution in [0.5, 0.6) is 0 Å². The predicted octanol–water partition coefficient (Wildman–Crippen LogP) is 2.22. The van der Waals surface area contributed by atoms with E-state index in [0.29, 0.717) is 18.0 Å². The summed E-state index contributed by atoms with van der Waals surface area (Å²) in [5.41, 5.74) is 1.42. The molecule has 1 aromatic heterocycles. The van der Waals surface area contributed by atoms with E-state index in [1.807, 2.05) is 13.8 Å². The van der Waals surface area contributed by atoms with Crippen LogP contribution < -0.4 is 10.6 Å². The molecule has 0 bridgehead atoms. The Morgan fingerprint density at radius 3 is 2.62 bits per heavy atom. The van der Waals surface area contributed by atoms with E-state index in [1.165, 1.54) is 12.1 Å². The summed E-state index contributed by atoms with van der Waals surface area (Å²) in [5, 5.41) is 19.3. The van der Waals surface area contributed by atoms with Crippen LogP contribution in [0.25, 0.3) is 5.69 Å². The maximum atomic E-state index is 12.9. The molecule has 2 amide bonds. The molecular weight excluding hydrogens is 311 g/mol. The normalized spacial score (nSPS) is 12.2. The Morgan fingerprint density at radius 1 is 1.25 bits per heavy atom. The molecule has 1 unspecified atom stereocenters. The topological polar surface area (TPSA) is 79.2 Å². The molecule has 0 aliphatic rings. The summed E-state index contributed by atoms with van der Waals surface area (Å²) in [5.74, 6) is 0.0735. The lowest BCUT2D eigenvalue weighted by Crippen LogP contribution is -2.39. The second-order valence-electron chi connectivity index (χ2n) is 6.08. The van der Waals surface area contributed by atoms with Gasteiger partial charge in [0.15, 0.2) is 0 Å². The summed E-state index contributed by atoms with van der Waals surface area (Å²) in [7, 11) is 0. The quantitative estimate of drug-likeness (QED) is 0.726. The summed E-state index contributed by atoms with van der Waals surface area (Å²) in [6.45, 7) is 4.51. The first-order valence-electron chi connectivity index (χ1n) is 7.94. The fourth-order valence-electron chi connectivity index (χ4n) is 2.26. The van der Waals surface area contributed by atoms with Gasteiger partial charge in [0.05, 0.1) is 24.0 Å². The van der Waals surface area contributed by atoms with Crippen molar-refractivity contribution in [3.8, 4) is 5.69 Å². The molecule has 1 heterocycles. The zero-order valence-corrected chi connectivity index (χ0v) is 13.9. The smallest absolute Gasteiger partial charge is 0.315 e. The van der Waals surface area contributed by atoms with E-state index in [1.54, 1.807) is 29.1 Å². The Morgan fingerprint density at radius 2 is 1.96 bits per heavy atom. The third-order valence-corrected chi connectivity index (χ3v) is 3.41. The van der Waals surface area contributed by atoms with Gasteiger partial charge in [0, 0.05) is 12.7 Å². The third kappa shape index (κ3) is 5.66. The van der Waals surface area contributed by atoms with E-state index in [4.69, 9.17) is 0 Å². The summed E-state index contributed by atoms with van der Waals surface area (Å²) in [6.07, 6.45) is 1.84. The summed E-state index contributed by atoms with van der Waals surface area (Å²) in [6, 6.07) is 7.41. The lowest BCUT2D eigenvalue weighted by atomic mass is 10.1. The summed E-state index contributed by atoms with van der Waals surface area (Å²) in [4.78, 5) is 11.7. The molecule has 0 radical (unpaired) electrons. The van der Waals surface area contributed by atoms with Gasteiger partial charge in [-0.15, -0.1) is 0 Å². The highest BCUT2D eigenvalue weighted by Crippen LogP contribution is 2.09. The van der Waals surface area contributed by atoms with Crippen molar-refractivity contribution in [3.63, 3.8) is 0 Å². The lowest BCUT2D eigenvalue weighted by Gasteiger charge is -2.14. The van der Waals surface area contributed by atoms with Crippen LogP contribution >= 0.6 is 0 Å². The average Bonchev–Trinajstić information content (AvgIpc) is 3.00. The highest BCUT2D eigenvalue weighted by Gasteiger charge is 2.09. The maximum absolute atomic E-state index is 12.9. The maximum Gasteiger partial charge on any atom is 0.315 e. The first-order chi connectivity index (χ1) is 11.4. The molecule has 2 rings (SSSR count). The number of carbonyl (C=O) groups is 1. The minimum atomic E-state index is -0.548. The molecule has 24 heavy (non-hydrogen) atoms. The van der Waals surface area contributed by atoms with E-state index < -0.39 is 6.10 Å². The molecule has 0 spiro atoms. The molecule has 6 nitrogen and oxygen atoms in total. The molecule has 1 atom stereocenters. The number of hydrogen-bond acceptors (Lipinski definition) is 3. The van der Waals surface area contributed by atoms with Gasteiger partial charge in [-0.25, -0.2) is 13.9 Å². The molecule has 2 aromatic rings. The van der Waals surface area contributed by atoms with E-state index >= 15 is 0 Å². The predicted molar refractivity (Wildman–Crippen MR) is 89.2 cm³/mol. The van der Waals surface area contributed by atoms with Crippen LogP contribution in [0.3, 0.4) is 0 Å². The molecule has 1 aromatic carbocycles. The number of benzene rings is 1. The minimum absolute atomic E-state index is 0.216. The number of urea groups is 1. The highest BCUT2D eigenvalue weighted by molar-refractivity contribution is 5.73. The number of amides is 2. The van der Waals surface area contributed by atoms with E-state index in [9.17, 15) is 14.3 Å². The van der Waals surface area contributed by atoms with Gasteiger partial charge in [-0.2, -0.15) is 5.10 Å². The van der Waals surface area contributed by atoms with Gasteiger partial charge in [0.1, 0.15) is 5.82 Å². The van der Waals surface area contributed by atoms with Crippen molar-refractivity contribution in [2.24, 2.45) is 5.92 Å². The molecule has 3 N–H and O–H groups in total. The number of nitrogens with zero attached hydrogens (tertiary/aromatic N) is 2. The number of nitrogens with one attached hydrogen (secondary N) is 2. The molecule has 0 saturated heterocycles. The van der Waals surface area contributed by atoms with Crippen LogP contribution in [0.2, 0.25) is 0 Å². The number of hydrogen-bond donors (Lipinski definition) is 3. The van der Waals surface area contributed by atoms with Crippen LogP contribution in [-0.4, -0.2) is 33.6 Å². The van der Waals surface area contributed by atoms with Gasteiger partial charge >= 0.3 is 6.03 Å². The number of carbonyl (C=O) groups excluding carboxylic acids is 1. The van der Waals surface area contributed by atoms with Crippen molar-refractivity contribution in [2.75, 3.05) is 6.54 Å². The molecular formula is C17H23FN4O2. The van der Waals surface area contributed by atoms with Crippen molar-refractivity contribution in [1.29, 1.82) is 0 Å². The Labute approximate surface area is 140 Å². The summed E-state index contributed by atoms with van der Waals surface area (Å²) < 4.78 is 14.5. The zero-order valence-electron chi connectivity index (χ0n) is 13.9. The second-order valence-corrected chi connectivity index (χ2v) is 6.08. The fourth-order valence-corrected chi connectivity index (χ4v) is 2.26. The Bertz CT molecular complexity index is 655. The van der Waals surface area contributed by atoms with Crippen molar-refractivity contribution in [3.05, 3.63) is 48.0 Å². The van der Waals surface area contributed by atoms with E-state index in [0.717, 1.165) is 5.69 Å². The number of rotatable bonds is 7. The largest absolute Gasteiger partial charge is 0.391 e. The van der Waals surface area contributed by atoms with E-state index in [2.05, 4.69) is 15.7 Å². The van der Waals surface area contributed by atoms with Crippen LogP contribution in [-0.2, 0) is 6.54 Å². The van der Waals surface area contributed by atoms with Gasteiger partial charge in [0.2, 0.25) is 0 Å². The molecule has 130 valence electrons. The number of aliphatic hydroxyl groups excluding tert-OH is 1. The average molecular weight is 334 g/mol. The van der Waals surface area contributed by atoms with Gasteiger partial charge in [-0.05, 0) is 42.7 Å².